The summed E-state index contributed by atoms with van der Waals surface area (Å²) in [6, 6.07) is 8.40. The minimum absolute atomic E-state index is 0.0420. The molecule has 3 aromatic heterocycles. The van der Waals surface area contributed by atoms with E-state index in [2.05, 4.69) is 20.3 Å². The van der Waals surface area contributed by atoms with Crippen LogP contribution in [0.3, 0.4) is 0 Å². The predicted octanol–water partition coefficient (Wildman–Crippen LogP) is 6.76. The number of aryl methyl sites for hydroxylation is 2. The molecule has 7 nitrogen and oxygen atoms in total. The number of carbonyl (C=O) groups is 1. The molecule has 2 aliphatic carbocycles. The number of pyridine rings is 2. The Hall–Kier alpha value is -3.62. The Morgan fingerprint density at radius 3 is 2.62 bits per heavy atom. The number of hydrogen-bond donors (Lipinski definition) is 1. The van der Waals surface area contributed by atoms with E-state index in [-0.39, 0.29) is 39.6 Å². The summed E-state index contributed by atoms with van der Waals surface area (Å²) in [5, 5.41) is 3.18. The number of nitrogens with zero attached hydrogens (tertiary/aromatic N) is 4. The molecule has 1 N–H and O–H groups in total. The SMILES string of the molecule is Cc1cnc(-c2cccc(NC(=O)C3(C)CC3)c2F)cc1-n1c(C)cc([C@H]2C[C@@H]2c2cncc(Cl)n2)c(Cl)c1=O. The van der Waals surface area contributed by atoms with E-state index < -0.39 is 11.2 Å². The molecule has 4 aromatic rings. The average molecular weight is 578 g/mol. The van der Waals surface area contributed by atoms with Gasteiger partial charge in [-0.05, 0) is 74.4 Å². The van der Waals surface area contributed by atoms with Crippen LogP contribution in [0.25, 0.3) is 16.9 Å². The molecule has 0 aliphatic heterocycles. The van der Waals surface area contributed by atoms with Crippen molar-refractivity contribution in [3.63, 3.8) is 0 Å². The lowest BCUT2D eigenvalue weighted by molar-refractivity contribution is -0.120. The van der Waals surface area contributed by atoms with E-state index in [1.807, 2.05) is 26.8 Å². The van der Waals surface area contributed by atoms with Crippen LogP contribution in [-0.4, -0.2) is 25.4 Å². The molecule has 10 heteroatoms. The molecular formula is C30H26Cl2FN5O2. The standard InChI is InChI=1S/C30H26Cl2FN5O2/c1-15-12-35-22(17-5-4-6-21(27(17)33)37-29(40)30(3)7-8-30)11-24(15)38-16(2)9-20(26(32)28(38)39)18-10-19(18)23-13-34-14-25(31)36-23/h4-6,9,11-14,18-19H,7-8,10H2,1-3H3,(H,37,40)/t18-,19-/m0/s1. The highest BCUT2D eigenvalue weighted by Gasteiger charge is 2.45. The molecule has 2 fully saturated rings. The van der Waals surface area contributed by atoms with Crippen LogP contribution in [0.2, 0.25) is 10.2 Å². The number of benzene rings is 1. The fourth-order valence-electron chi connectivity index (χ4n) is 5.12. The van der Waals surface area contributed by atoms with Crippen LogP contribution in [-0.2, 0) is 4.79 Å². The Labute approximate surface area is 240 Å². The number of carbonyl (C=O) groups excluding carboxylic acids is 1. The third kappa shape index (κ3) is 4.69. The van der Waals surface area contributed by atoms with Gasteiger partial charge < -0.3 is 5.32 Å². The molecule has 0 radical (unpaired) electrons. The molecule has 0 spiro atoms. The summed E-state index contributed by atoms with van der Waals surface area (Å²) in [4.78, 5) is 39.1. The van der Waals surface area contributed by atoms with Crippen molar-refractivity contribution >= 4 is 34.8 Å². The number of nitrogens with one attached hydrogen (secondary N) is 1. The summed E-state index contributed by atoms with van der Waals surface area (Å²) in [7, 11) is 0. The van der Waals surface area contributed by atoms with Gasteiger partial charge in [0.25, 0.3) is 5.56 Å². The van der Waals surface area contributed by atoms with Gasteiger partial charge in [-0.3, -0.25) is 24.1 Å². The Kier molecular flexibility index (Phi) is 6.50. The Bertz CT molecular complexity index is 1750. The lowest BCUT2D eigenvalue weighted by atomic mass is 10.1. The molecule has 0 saturated heterocycles. The number of rotatable bonds is 6. The van der Waals surface area contributed by atoms with Crippen LogP contribution in [0, 0.1) is 25.1 Å². The lowest BCUT2D eigenvalue weighted by Gasteiger charge is -2.17. The van der Waals surface area contributed by atoms with Gasteiger partial charge >= 0.3 is 0 Å². The van der Waals surface area contributed by atoms with Gasteiger partial charge in [-0.15, -0.1) is 0 Å². The largest absolute Gasteiger partial charge is 0.323 e. The zero-order valence-electron chi connectivity index (χ0n) is 22.1. The molecule has 3 heterocycles. The highest BCUT2D eigenvalue weighted by Crippen LogP contribution is 2.55. The Morgan fingerprint density at radius 1 is 1.12 bits per heavy atom. The molecule has 0 bridgehead atoms. The maximum Gasteiger partial charge on any atom is 0.274 e. The number of anilines is 1. The smallest absolute Gasteiger partial charge is 0.274 e. The van der Waals surface area contributed by atoms with Gasteiger partial charge in [0.1, 0.15) is 10.2 Å². The normalized spacial score (nSPS) is 18.9. The van der Waals surface area contributed by atoms with Crippen molar-refractivity contribution in [2.24, 2.45) is 5.41 Å². The highest BCUT2D eigenvalue weighted by molar-refractivity contribution is 6.31. The minimum Gasteiger partial charge on any atom is -0.323 e. The third-order valence-electron chi connectivity index (χ3n) is 7.94. The monoisotopic (exact) mass is 577 g/mol. The summed E-state index contributed by atoms with van der Waals surface area (Å²) in [6.45, 7) is 5.54. The first-order chi connectivity index (χ1) is 19.1. The zero-order valence-corrected chi connectivity index (χ0v) is 23.6. The second-order valence-corrected chi connectivity index (χ2v) is 11.7. The van der Waals surface area contributed by atoms with Crippen molar-refractivity contribution in [3.05, 3.63) is 97.8 Å². The van der Waals surface area contributed by atoms with E-state index in [0.29, 0.717) is 22.2 Å². The van der Waals surface area contributed by atoms with Crippen molar-refractivity contribution in [1.82, 2.24) is 19.5 Å². The van der Waals surface area contributed by atoms with Crippen molar-refractivity contribution in [2.75, 3.05) is 5.32 Å². The van der Waals surface area contributed by atoms with E-state index in [1.165, 1.54) is 16.8 Å². The van der Waals surface area contributed by atoms with Crippen LogP contribution in [0.15, 0.2) is 53.7 Å². The van der Waals surface area contributed by atoms with Gasteiger partial charge in [0, 0.05) is 35.0 Å². The van der Waals surface area contributed by atoms with Crippen molar-refractivity contribution < 1.29 is 9.18 Å². The van der Waals surface area contributed by atoms with Crippen molar-refractivity contribution in [2.45, 2.75) is 51.9 Å². The maximum absolute atomic E-state index is 15.6. The van der Waals surface area contributed by atoms with E-state index >= 15 is 4.39 Å². The van der Waals surface area contributed by atoms with Crippen molar-refractivity contribution in [1.29, 1.82) is 0 Å². The molecule has 1 aromatic carbocycles. The topological polar surface area (TPSA) is 89.8 Å². The van der Waals surface area contributed by atoms with Gasteiger partial charge in [0.15, 0.2) is 5.82 Å². The number of aromatic nitrogens is 4. The zero-order chi connectivity index (χ0) is 28.3. The number of hydrogen-bond acceptors (Lipinski definition) is 5. The molecule has 1 amide bonds. The summed E-state index contributed by atoms with van der Waals surface area (Å²) in [6.07, 6.45) is 7.14. The van der Waals surface area contributed by atoms with Gasteiger partial charge in [-0.2, -0.15) is 0 Å². The minimum atomic E-state index is -0.580. The highest BCUT2D eigenvalue weighted by atomic mass is 35.5. The molecule has 6 rings (SSSR count). The second-order valence-electron chi connectivity index (χ2n) is 10.9. The summed E-state index contributed by atoms with van der Waals surface area (Å²) in [5.74, 6) is -0.645. The van der Waals surface area contributed by atoms with Gasteiger partial charge in [-0.25, -0.2) is 9.37 Å². The van der Waals surface area contributed by atoms with Gasteiger partial charge in [0.2, 0.25) is 5.91 Å². The van der Waals surface area contributed by atoms with E-state index in [1.54, 1.807) is 30.6 Å². The second kappa shape index (κ2) is 9.78. The summed E-state index contributed by atoms with van der Waals surface area (Å²) < 4.78 is 17.1. The Balaban J connectivity index is 1.35. The fourth-order valence-corrected chi connectivity index (χ4v) is 5.55. The summed E-state index contributed by atoms with van der Waals surface area (Å²) in [5.41, 5.74) is 3.35. The van der Waals surface area contributed by atoms with Crippen LogP contribution in [0.5, 0.6) is 0 Å². The third-order valence-corrected chi connectivity index (χ3v) is 8.50. The molecule has 2 saturated carbocycles. The fraction of sp³-hybridized carbons (Fsp3) is 0.300. The van der Waals surface area contributed by atoms with E-state index in [4.69, 9.17) is 23.2 Å². The van der Waals surface area contributed by atoms with Crippen LogP contribution in [0.4, 0.5) is 10.1 Å². The first kappa shape index (κ1) is 26.6. The first-order valence-corrected chi connectivity index (χ1v) is 13.8. The van der Waals surface area contributed by atoms with Crippen LogP contribution >= 0.6 is 23.2 Å². The first-order valence-electron chi connectivity index (χ1n) is 13.0. The number of halogens is 3. The lowest BCUT2D eigenvalue weighted by Crippen LogP contribution is -2.23. The van der Waals surface area contributed by atoms with Gasteiger partial charge in [-0.1, -0.05) is 36.2 Å². The predicted molar refractivity (Wildman–Crippen MR) is 153 cm³/mol. The molecule has 204 valence electrons. The molecule has 40 heavy (non-hydrogen) atoms. The Morgan fingerprint density at radius 2 is 1.90 bits per heavy atom. The molecule has 0 unspecified atom stereocenters. The quantitative estimate of drug-likeness (QED) is 0.273. The summed E-state index contributed by atoms with van der Waals surface area (Å²) >= 11 is 12.7. The van der Waals surface area contributed by atoms with Crippen LogP contribution in [0.1, 0.15) is 60.5 Å². The van der Waals surface area contributed by atoms with E-state index in [9.17, 15) is 9.59 Å². The maximum atomic E-state index is 15.6. The van der Waals surface area contributed by atoms with Crippen LogP contribution < -0.4 is 10.9 Å². The molecular weight excluding hydrogens is 552 g/mol. The number of amides is 1. The molecule has 2 atom stereocenters. The average Bonchev–Trinajstić information content (AvgIpc) is 3.85. The van der Waals surface area contributed by atoms with Gasteiger partial charge in [0.05, 0.1) is 29.0 Å². The van der Waals surface area contributed by atoms with Crippen molar-refractivity contribution in [3.8, 4) is 16.9 Å². The van der Waals surface area contributed by atoms with E-state index in [0.717, 1.165) is 36.1 Å². The molecule has 2 aliphatic rings.